The maximum atomic E-state index is 13.4. The van der Waals surface area contributed by atoms with Gasteiger partial charge in [0.05, 0.1) is 16.1 Å². The Hall–Kier alpha value is -2.94. The molecule has 2 aromatic rings. The van der Waals surface area contributed by atoms with Crippen LogP contribution in [0.3, 0.4) is 0 Å². The van der Waals surface area contributed by atoms with Crippen LogP contribution in [0.2, 0.25) is 0 Å². The second-order valence-corrected chi connectivity index (χ2v) is 8.02. The number of nitrogens with one attached hydrogen (secondary N) is 2. The molecule has 0 aliphatic carbocycles. The van der Waals surface area contributed by atoms with Crippen molar-refractivity contribution in [2.45, 2.75) is 31.6 Å². The molecule has 0 aliphatic rings. The van der Waals surface area contributed by atoms with Gasteiger partial charge >= 0.3 is 5.97 Å². The molecule has 0 aromatic heterocycles. The van der Waals surface area contributed by atoms with Crippen molar-refractivity contribution in [1.29, 1.82) is 0 Å². The highest BCUT2D eigenvalue weighted by molar-refractivity contribution is 7.92. The van der Waals surface area contributed by atoms with Gasteiger partial charge in [-0.15, -0.1) is 0 Å². The number of amides is 1. The van der Waals surface area contributed by atoms with Crippen LogP contribution in [0.5, 0.6) is 0 Å². The van der Waals surface area contributed by atoms with Crippen LogP contribution < -0.4 is 10.0 Å². The van der Waals surface area contributed by atoms with Crippen molar-refractivity contribution in [3.05, 3.63) is 59.4 Å². The lowest BCUT2D eigenvalue weighted by Gasteiger charge is -2.13. The van der Waals surface area contributed by atoms with E-state index in [4.69, 9.17) is 4.74 Å². The minimum absolute atomic E-state index is 0.00845. The van der Waals surface area contributed by atoms with Gasteiger partial charge in [0, 0.05) is 6.54 Å². The summed E-state index contributed by atoms with van der Waals surface area (Å²) >= 11 is 0. The van der Waals surface area contributed by atoms with E-state index < -0.39 is 34.3 Å². The van der Waals surface area contributed by atoms with E-state index in [1.165, 1.54) is 31.2 Å². The highest BCUT2D eigenvalue weighted by atomic mass is 32.2. The minimum atomic E-state index is -4.06. The molecule has 156 valence electrons. The van der Waals surface area contributed by atoms with Gasteiger partial charge in [0.2, 0.25) is 0 Å². The van der Waals surface area contributed by atoms with Crippen LogP contribution >= 0.6 is 0 Å². The van der Waals surface area contributed by atoms with Crippen LogP contribution in [0.4, 0.5) is 10.1 Å². The molecule has 0 radical (unpaired) electrons. The number of benzene rings is 2. The maximum absolute atomic E-state index is 13.4. The number of carbonyl (C=O) groups is 2. The molecule has 2 aromatic carbocycles. The minimum Gasteiger partial charge on any atom is -0.452 e. The van der Waals surface area contributed by atoms with Crippen LogP contribution in [-0.4, -0.2) is 33.4 Å². The van der Waals surface area contributed by atoms with E-state index in [-0.39, 0.29) is 21.7 Å². The largest absolute Gasteiger partial charge is 0.452 e. The fourth-order valence-electron chi connectivity index (χ4n) is 2.40. The van der Waals surface area contributed by atoms with E-state index in [1.54, 1.807) is 6.07 Å². The molecule has 0 heterocycles. The van der Waals surface area contributed by atoms with Crippen molar-refractivity contribution in [3.8, 4) is 0 Å². The number of unbranched alkanes of at least 4 members (excludes halogenated alkanes) is 1. The second-order valence-electron chi connectivity index (χ2n) is 6.34. The summed E-state index contributed by atoms with van der Waals surface area (Å²) in [7, 11) is -4.06. The molecule has 2 N–H and O–H groups in total. The monoisotopic (exact) mass is 422 g/mol. The zero-order valence-corrected chi connectivity index (χ0v) is 17.0. The van der Waals surface area contributed by atoms with Crippen LogP contribution in [0, 0.1) is 12.7 Å². The Morgan fingerprint density at radius 1 is 1.14 bits per heavy atom. The number of hydrogen-bond donors (Lipinski definition) is 2. The molecule has 9 heteroatoms. The third-order valence-electron chi connectivity index (χ3n) is 4.02. The summed E-state index contributed by atoms with van der Waals surface area (Å²) in [6.07, 6.45) is 1.73. The van der Waals surface area contributed by atoms with Crippen molar-refractivity contribution in [2.24, 2.45) is 0 Å². The lowest BCUT2D eigenvalue weighted by molar-refractivity contribution is -0.124. The fraction of sp³-hybridized carbons (Fsp3) is 0.300. The van der Waals surface area contributed by atoms with E-state index >= 15 is 0 Å². The Balaban J connectivity index is 2.12. The third-order valence-corrected chi connectivity index (χ3v) is 5.38. The molecule has 0 saturated heterocycles. The van der Waals surface area contributed by atoms with E-state index in [9.17, 15) is 22.4 Å². The molecule has 0 atom stereocenters. The number of hydrogen-bond acceptors (Lipinski definition) is 5. The normalized spacial score (nSPS) is 11.0. The topological polar surface area (TPSA) is 102 Å². The molecule has 0 fully saturated rings. The van der Waals surface area contributed by atoms with Gasteiger partial charge in [0.1, 0.15) is 5.82 Å². The highest BCUT2D eigenvalue weighted by Gasteiger charge is 2.20. The summed E-state index contributed by atoms with van der Waals surface area (Å²) in [4.78, 5) is 23.9. The lowest BCUT2D eigenvalue weighted by Crippen LogP contribution is -2.29. The standard InChI is InChI=1S/C20H23FN2O5S/c1-3-4-11-22-19(24)13-28-20(25)16-7-5-6-8-18(16)23-29(26,27)15-9-10-17(21)14(2)12-15/h5-10,12,23H,3-4,11,13H2,1-2H3,(H,22,24). The third kappa shape index (κ3) is 6.28. The number of esters is 1. The van der Waals surface area contributed by atoms with Gasteiger partial charge in [0.25, 0.3) is 15.9 Å². The van der Waals surface area contributed by atoms with Gasteiger partial charge in [-0.2, -0.15) is 0 Å². The number of rotatable bonds is 9. The van der Waals surface area contributed by atoms with E-state index in [0.717, 1.165) is 25.0 Å². The Morgan fingerprint density at radius 3 is 2.55 bits per heavy atom. The number of para-hydroxylation sites is 1. The molecule has 1 amide bonds. The number of anilines is 1. The van der Waals surface area contributed by atoms with Crippen molar-refractivity contribution in [1.82, 2.24) is 5.32 Å². The molecule has 0 bridgehead atoms. The Bertz CT molecular complexity index is 992. The fourth-order valence-corrected chi connectivity index (χ4v) is 3.57. The Labute approximate surface area is 169 Å². The van der Waals surface area contributed by atoms with Gasteiger partial charge in [0.15, 0.2) is 6.61 Å². The van der Waals surface area contributed by atoms with Crippen LogP contribution in [-0.2, 0) is 19.6 Å². The van der Waals surface area contributed by atoms with Gasteiger partial charge in [-0.25, -0.2) is 17.6 Å². The first-order valence-corrected chi connectivity index (χ1v) is 10.5. The molecule has 0 saturated carbocycles. The number of sulfonamides is 1. The Morgan fingerprint density at radius 2 is 1.86 bits per heavy atom. The predicted octanol–water partition coefficient (Wildman–Crippen LogP) is 3.01. The predicted molar refractivity (Wildman–Crippen MR) is 107 cm³/mol. The number of carbonyl (C=O) groups excluding carboxylic acids is 2. The summed E-state index contributed by atoms with van der Waals surface area (Å²) in [5.74, 6) is -1.80. The number of ether oxygens (including phenoxy) is 1. The van der Waals surface area contributed by atoms with Crippen LogP contribution in [0.1, 0.15) is 35.7 Å². The zero-order valence-electron chi connectivity index (χ0n) is 16.2. The van der Waals surface area contributed by atoms with Crippen LogP contribution in [0.25, 0.3) is 0 Å². The molecule has 0 spiro atoms. The van der Waals surface area contributed by atoms with Crippen LogP contribution in [0.15, 0.2) is 47.4 Å². The zero-order chi connectivity index (χ0) is 21.4. The first kappa shape index (κ1) is 22.4. The molecule has 0 aliphatic heterocycles. The highest BCUT2D eigenvalue weighted by Crippen LogP contribution is 2.22. The summed E-state index contributed by atoms with van der Waals surface area (Å²) in [6.45, 7) is 3.45. The quantitative estimate of drug-likeness (QED) is 0.478. The van der Waals surface area contributed by atoms with Gasteiger partial charge in [-0.05, 0) is 49.2 Å². The lowest BCUT2D eigenvalue weighted by atomic mass is 10.2. The van der Waals surface area contributed by atoms with Crippen molar-refractivity contribution < 1.29 is 27.1 Å². The summed E-state index contributed by atoms with van der Waals surface area (Å²) in [5, 5.41) is 2.62. The molecule has 2 rings (SSSR count). The molecule has 0 unspecified atom stereocenters. The average Bonchev–Trinajstić information content (AvgIpc) is 2.68. The van der Waals surface area contributed by atoms with Gasteiger partial charge in [-0.1, -0.05) is 25.5 Å². The maximum Gasteiger partial charge on any atom is 0.340 e. The van der Waals surface area contributed by atoms with Gasteiger partial charge < -0.3 is 10.1 Å². The Kier molecular flexibility index (Phi) is 7.72. The summed E-state index contributed by atoms with van der Waals surface area (Å²) < 4.78 is 45.9. The summed E-state index contributed by atoms with van der Waals surface area (Å²) in [5.41, 5.74) is 0.122. The number of aryl methyl sites for hydroxylation is 1. The smallest absolute Gasteiger partial charge is 0.340 e. The van der Waals surface area contributed by atoms with E-state index in [0.29, 0.717) is 6.54 Å². The van der Waals surface area contributed by atoms with Crippen molar-refractivity contribution >= 4 is 27.6 Å². The molecular weight excluding hydrogens is 399 g/mol. The SMILES string of the molecule is CCCCNC(=O)COC(=O)c1ccccc1NS(=O)(=O)c1ccc(F)c(C)c1. The summed E-state index contributed by atoms with van der Waals surface area (Å²) in [6, 6.07) is 9.24. The van der Waals surface area contributed by atoms with E-state index in [1.807, 2.05) is 6.92 Å². The molecular formula is C20H23FN2O5S. The average molecular weight is 422 g/mol. The molecule has 29 heavy (non-hydrogen) atoms. The number of halogens is 1. The van der Waals surface area contributed by atoms with Gasteiger partial charge in [-0.3, -0.25) is 9.52 Å². The van der Waals surface area contributed by atoms with E-state index in [2.05, 4.69) is 10.0 Å². The van der Waals surface area contributed by atoms with Crippen molar-refractivity contribution in [2.75, 3.05) is 17.9 Å². The van der Waals surface area contributed by atoms with Crippen molar-refractivity contribution in [3.63, 3.8) is 0 Å². The first-order valence-electron chi connectivity index (χ1n) is 9.06. The molecule has 7 nitrogen and oxygen atoms in total. The first-order chi connectivity index (χ1) is 13.7. The second kappa shape index (κ2) is 10.0.